The van der Waals surface area contributed by atoms with Crippen molar-refractivity contribution in [2.24, 2.45) is 5.73 Å². The van der Waals surface area contributed by atoms with Crippen LogP contribution in [0.25, 0.3) is 0 Å². The first-order valence-corrected chi connectivity index (χ1v) is 6.81. The van der Waals surface area contributed by atoms with E-state index in [1.165, 1.54) is 18.9 Å². The van der Waals surface area contributed by atoms with Crippen LogP contribution in [0, 0.1) is 0 Å². The van der Waals surface area contributed by atoms with Crippen LogP contribution in [0.1, 0.15) is 19.8 Å². The molecule has 2 amide bonds. The maximum atomic E-state index is 11.8. The van der Waals surface area contributed by atoms with Gasteiger partial charge in [-0.05, 0) is 18.9 Å². The Balaban J connectivity index is 2.36. The minimum Gasteiger partial charge on any atom is -0.467 e. The van der Waals surface area contributed by atoms with E-state index in [0.717, 1.165) is 0 Å². The summed E-state index contributed by atoms with van der Waals surface area (Å²) < 4.78 is 9.60. The number of ether oxygens (including phenoxy) is 2. The van der Waals surface area contributed by atoms with Gasteiger partial charge in [0, 0.05) is 6.92 Å². The third-order valence-corrected chi connectivity index (χ3v) is 4.55. The van der Waals surface area contributed by atoms with Crippen molar-refractivity contribution in [1.82, 2.24) is 4.90 Å². The third-order valence-electron chi connectivity index (χ3n) is 3.51. The molecule has 2 aliphatic rings. The second-order valence-electron chi connectivity index (χ2n) is 4.81. The first kappa shape index (κ1) is 14.8. The Morgan fingerprint density at radius 3 is 2.70 bits per heavy atom. The molecule has 0 saturated carbocycles. The number of nitrogens with zero attached hydrogens (tertiary/aromatic N) is 1. The van der Waals surface area contributed by atoms with Crippen molar-refractivity contribution in [1.29, 1.82) is 0 Å². The zero-order valence-corrected chi connectivity index (χ0v) is 12.7. The van der Waals surface area contributed by atoms with Gasteiger partial charge in [-0.15, -0.1) is 0 Å². The number of primary amides is 1. The van der Waals surface area contributed by atoms with Gasteiger partial charge >= 0.3 is 5.97 Å². The van der Waals surface area contributed by atoms with Crippen molar-refractivity contribution in [3.63, 3.8) is 0 Å². The summed E-state index contributed by atoms with van der Waals surface area (Å²) in [6.45, 7) is 1.33. The second-order valence-corrected chi connectivity index (χ2v) is 6.39. The van der Waals surface area contributed by atoms with Crippen LogP contribution < -0.4 is 5.73 Å². The van der Waals surface area contributed by atoms with Gasteiger partial charge in [-0.25, -0.2) is 4.79 Å². The van der Waals surface area contributed by atoms with E-state index >= 15 is 0 Å². The molecule has 0 aromatic rings. The van der Waals surface area contributed by atoms with Gasteiger partial charge < -0.3 is 15.2 Å². The molecule has 1 fully saturated rings. The van der Waals surface area contributed by atoms with Crippen molar-refractivity contribution in [2.45, 2.75) is 36.4 Å². The van der Waals surface area contributed by atoms with Crippen molar-refractivity contribution in [2.75, 3.05) is 7.11 Å². The van der Waals surface area contributed by atoms with Crippen LogP contribution >= 0.6 is 15.9 Å². The maximum Gasteiger partial charge on any atom is 0.328 e. The number of nitrogens with two attached hydrogens (primary N) is 1. The summed E-state index contributed by atoms with van der Waals surface area (Å²) in [5.74, 6) is -1.55. The molecule has 2 aliphatic heterocycles. The maximum absolute atomic E-state index is 11.8. The minimum atomic E-state index is -0.767. The monoisotopic (exact) mass is 346 g/mol. The SMILES string of the molecule is COC(=O)[C@@H]1C[C@@]2(Br)CC=C(C(N)=O)O[C@@H]2N1C(C)=O. The lowest BCUT2D eigenvalue weighted by molar-refractivity contribution is -0.157. The third kappa shape index (κ3) is 2.28. The van der Waals surface area contributed by atoms with Gasteiger partial charge in [-0.2, -0.15) is 0 Å². The zero-order chi connectivity index (χ0) is 15.1. The van der Waals surface area contributed by atoms with Crippen LogP contribution in [0.4, 0.5) is 0 Å². The van der Waals surface area contributed by atoms with E-state index < -0.39 is 28.5 Å². The van der Waals surface area contributed by atoms with Gasteiger partial charge in [0.25, 0.3) is 5.91 Å². The standard InChI is InChI=1S/C12H15BrN2O5/c1-6(16)15-7(10(18)19-2)5-12(13)4-3-8(9(14)17)20-11(12)15/h3,7,11H,4-5H2,1-2H3,(H2,14,17)/t7-,11-,12-/m0/s1. The van der Waals surface area contributed by atoms with Crippen molar-refractivity contribution in [3.8, 4) is 0 Å². The van der Waals surface area contributed by atoms with Crippen LogP contribution in [0.5, 0.6) is 0 Å². The lowest BCUT2D eigenvalue weighted by Gasteiger charge is -2.36. The fourth-order valence-corrected chi connectivity index (χ4v) is 3.37. The fraction of sp³-hybridized carbons (Fsp3) is 0.583. The summed E-state index contributed by atoms with van der Waals surface area (Å²) in [5.41, 5.74) is 5.19. The summed E-state index contributed by atoms with van der Waals surface area (Å²) in [6.07, 6.45) is 1.56. The van der Waals surface area contributed by atoms with E-state index in [9.17, 15) is 14.4 Å². The molecule has 0 bridgehead atoms. The molecule has 3 atom stereocenters. The van der Waals surface area contributed by atoms with Gasteiger partial charge in [0.1, 0.15) is 6.04 Å². The number of amides is 2. The van der Waals surface area contributed by atoms with Crippen LogP contribution in [0.15, 0.2) is 11.8 Å². The summed E-state index contributed by atoms with van der Waals surface area (Å²) in [4.78, 5) is 36.2. The van der Waals surface area contributed by atoms with E-state index in [-0.39, 0.29) is 11.7 Å². The zero-order valence-electron chi connectivity index (χ0n) is 11.1. The minimum absolute atomic E-state index is 0.00170. The molecule has 0 aromatic heterocycles. The average molecular weight is 347 g/mol. The predicted molar refractivity (Wildman–Crippen MR) is 71.4 cm³/mol. The molecule has 0 spiro atoms. The van der Waals surface area contributed by atoms with Crippen molar-refractivity contribution >= 4 is 33.7 Å². The number of allylic oxidation sites excluding steroid dienone is 1. The molecular formula is C12H15BrN2O5. The first-order chi connectivity index (χ1) is 9.30. The van der Waals surface area contributed by atoms with Crippen LogP contribution in [0.2, 0.25) is 0 Å². The summed E-state index contributed by atoms with van der Waals surface area (Å²) >= 11 is 3.52. The van der Waals surface area contributed by atoms with Crippen molar-refractivity contribution in [3.05, 3.63) is 11.8 Å². The van der Waals surface area contributed by atoms with E-state index in [1.807, 2.05) is 0 Å². The molecule has 2 N–H and O–H groups in total. The quantitative estimate of drug-likeness (QED) is 0.561. The summed E-state index contributed by atoms with van der Waals surface area (Å²) in [6, 6.07) is -0.748. The molecule has 0 aliphatic carbocycles. The van der Waals surface area contributed by atoms with Gasteiger partial charge in [0.2, 0.25) is 5.91 Å². The number of halogens is 1. The normalized spacial score (nSPS) is 31.9. The highest BCUT2D eigenvalue weighted by atomic mass is 79.9. The molecule has 8 heteroatoms. The van der Waals surface area contributed by atoms with E-state index in [2.05, 4.69) is 15.9 Å². The highest BCUT2D eigenvalue weighted by Crippen LogP contribution is 2.47. The van der Waals surface area contributed by atoms with E-state index in [4.69, 9.17) is 15.2 Å². The largest absolute Gasteiger partial charge is 0.467 e. The number of hydrogen-bond acceptors (Lipinski definition) is 5. The summed E-state index contributed by atoms with van der Waals surface area (Å²) in [5, 5.41) is 0. The van der Waals surface area contributed by atoms with Crippen LogP contribution in [-0.2, 0) is 23.9 Å². The number of rotatable bonds is 2. The molecular weight excluding hydrogens is 332 g/mol. The highest BCUT2D eigenvalue weighted by Gasteiger charge is 2.57. The molecule has 2 heterocycles. The summed E-state index contributed by atoms with van der Waals surface area (Å²) in [7, 11) is 1.26. The van der Waals surface area contributed by atoms with Gasteiger partial charge in [-0.3, -0.25) is 14.5 Å². The Labute approximate surface area is 124 Å². The molecule has 0 aromatic carbocycles. The fourth-order valence-electron chi connectivity index (χ4n) is 2.59. The van der Waals surface area contributed by atoms with Crippen molar-refractivity contribution < 1.29 is 23.9 Å². The molecule has 2 rings (SSSR count). The van der Waals surface area contributed by atoms with E-state index in [1.54, 1.807) is 6.08 Å². The van der Waals surface area contributed by atoms with Crippen LogP contribution in [0.3, 0.4) is 0 Å². The molecule has 0 radical (unpaired) electrons. The van der Waals surface area contributed by atoms with Gasteiger partial charge in [-0.1, -0.05) is 15.9 Å². The lowest BCUT2D eigenvalue weighted by Crippen LogP contribution is -2.50. The highest BCUT2D eigenvalue weighted by molar-refractivity contribution is 9.10. The Bertz CT molecular complexity index is 506. The van der Waals surface area contributed by atoms with E-state index in [0.29, 0.717) is 12.8 Å². The van der Waals surface area contributed by atoms with Gasteiger partial charge in [0.05, 0.1) is 11.4 Å². The first-order valence-electron chi connectivity index (χ1n) is 6.02. The average Bonchev–Trinajstić information content (AvgIpc) is 2.69. The second kappa shape index (κ2) is 5.08. The molecule has 110 valence electrons. The number of hydrogen-bond donors (Lipinski definition) is 1. The molecule has 7 nitrogen and oxygen atoms in total. The van der Waals surface area contributed by atoms with Gasteiger partial charge in [0.15, 0.2) is 12.0 Å². The number of methoxy groups -OCH3 is 1. The smallest absolute Gasteiger partial charge is 0.328 e. The number of alkyl halides is 1. The lowest BCUT2D eigenvalue weighted by atomic mass is 9.97. The number of likely N-dealkylation sites (tertiary alicyclic amines) is 1. The Morgan fingerprint density at radius 1 is 1.55 bits per heavy atom. The molecule has 0 unspecified atom stereocenters. The number of fused-ring (bicyclic) bond motifs is 1. The topological polar surface area (TPSA) is 98.9 Å². The number of carbonyl (C=O) groups is 3. The number of esters is 1. The Kier molecular flexibility index (Phi) is 3.77. The van der Waals surface area contributed by atoms with Crippen LogP contribution in [-0.4, -0.2) is 46.4 Å². The predicted octanol–water partition coefficient (Wildman–Crippen LogP) is 0.0295. The molecule has 1 saturated heterocycles. The molecule has 20 heavy (non-hydrogen) atoms. The Morgan fingerprint density at radius 2 is 2.20 bits per heavy atom. The Hall–Kier alpha value is -1.57. The number of carbonyl (C=O) groups excluding carboxylic acids is 3.